The summed E-state index contributed by atoms with van der Waals surface area (Å²) in [6.45, 7) is 3.71. The van der Waals surface area contributed by atoms with E-state index in [1.54, 1.807) is 24.3 Å². The number of ether oxygens (including phenoxy) is 2. The van der Waals surface area contributed by atoms with E-state index < -0.39 is 5.97 Å². The van der Waals surface area contributed by atoms with Crippen molar-refractivity contribution in [1.82, 2.24) is 20.3 Å². The first-order chi connectivity index (χ1) is 19.0. The summed E-state index contributed by atoms with van der Waals surface area (Å²) < 4.78 is 20.9. The van der Waals surface area contributed by atoms with Crippen LogP contribution in [0.5, 0.6) is 0 Å². The Hall–Kier alpha value is -5.12. The first-order valence-electron chi connectivity index (χ1n) is 12.2. The van der Waals surface area contributed by atoms with Gasteiger partial charge < -0.3 is 18.5 Å². The van der Waals surface area contributed by atoms with Crippen LogP contribution in [0.4, 0.5) is 0 Å². The molecule has 2 heterocycles. The lowest BCUT2D eigenvalue weighted by Crippen LogP contribution is -2.09. The Balaban J connectivity index is 1.21. The lowest BCUT2D eigenvalue weighted by molar-refractivity contribution is -0.141. The van der Waals surface area contributed by atoms with Crippen LogP contribution in [0.3, 0.4) is 0 Å². The zero-order valence-electron chi connectivity index (χ0n) is 21.3. The number of carbonyl (C=O) groups excluding carboxylic acids is 2. The second-order valence-electron chi connectivity index (χ2n) is 8.70. The van der Waals surface area contributed by atoms with Gasteiger partial charge in [0.15, 0.2) is 0 Å². The summed E-state index contributed by atoms with van der Waals surface area (Å²) >= 11 is 0. The zero-order valence-corrected chi connectivity index (χ0v) is 21.3. The number of aryl methyl sites for hydroxylation is 1. The van der Waals surface area contributed by atoms with Gasteiger partial charge in [-0.05, 0) is 43.3 Å². The standard InChI is InChI=1S/C29H24N4O6/c1-18-4-6-20(7-5-18)25-30-27(38-32-25)22-10-12-23(13-11-22)28-31-26(33-39-28)21-8-14-24(15-9-21)29(35)37-17-3-16-36-19(2)34/h4-15H,3,16-17H2,1-2H3. The van der Waals surface area contributed by atoms with Crippen molar-refractivity contribution in [3.63, 3.8) is 0 Å². The Morgan fingerprint density at radius 3 is 1.64 bits per heavy atom. The summed E-state index contributed by atoms with van der Waals surface area (Å²) in [6, 6.07) is 22.0. The van der Waals surface area contributed by atoms with Crippen LogP contribution in [-0.4, -0.2) is 45.4 Å². The Kier molecular flexibility index (Phi) is 7.53. The maximum Gasteiger partial charge on any atom is 0.338 e. The summed E-state index contributed by atoms with van der Waals surface area (Å²) in [7, 11) is 0. The molecular formula is C29H24N4O6. The molecule has 0 fully saturated rings. The van der Waals surface area contributed by atoms with E-state index in [1.165, 1.54) is 6.92 Å². The molecule has 0 aliphatic heterocycles. The Morgan fingerprint density at radius 1 is 0.667 bits per heavy atom. The van der Waals surface area contributed by atoms with Gasteiger partial charge in [0.25, 0.3) is 11.8 Å². The number of aromatic nitrogens is 4. The summed E-state index contributed by atoms with van der Waals surface area (Å²) in [5.74, 6) is 0.828. The van der Waals surface area contributed by atoms with E-state index in [-0.39, 0.29) is 19.2 Å². The molecule has 0 aliphatic carbocycles. The van der Waals surface area contributed by atoms with Gasteiger partial charge in [-0.2, -0.15) is 9.97 Å². The predicted octanol–water partition coefficient (Wildman–Crippen LogP) is 5.54. The molecule has 10 nitrogen and oxygen atoms in total. The largest absolute Gasteiger partial charge is 0.466 e. The average Bonchev–Trinajstić information content (AvgIpc) is 3.64. The molecule has 39 heavy (non-hydrogen) atoms. The molecule has 5 rings (SSSR count). The first kappa shape index (κ1) is 25.5. The number of carbonyl (C=O) groups is 2. The normalized spacial score (nSPS) is 10.8. The van der Waals surface area contributed by atoms with Crippen molar-refractivity contribution in [2.45, 2.75) is 20.3 Å². The van der Waals surface area contributed by atoms with Gasteiger partial charge in [0.1, 0.15) is 0 Å². The average molecular weight is 525 g/mol. The molecule has 2 aromatic heterocycles. The smallest absolute Gasteiger partial charge is 0.338 e. The van der Waals surface area contributed by atoms with E-state index in [0.717, 1.165) is 22.3 Å². The molecule has 0 amide bonds. The maximum absolute atomic E-state index is 12.2. The van der Waals surface area contributed by atoms with E-state index in [1.807, 2.05) is 55.5 Å². The van der Waals surface area contributed by atoms with Gasteiger partial charge in [-0.3, -0.25) is 4.79 Å². The molecule has 0 N–H and O–H groups in total. The van der Waals surface area contributed by atoms with Crippen molar-refractivity contribution in [2.24, 2.45) is 0 Å². The number of hydrogen-bond donors (Lipinski definition) is 0. The Labute approximate surface area is 223 Å². The molecule has 0 radical (unpaired) electrons. The van der Waals surface area contributed by atoms with Crippen molar-refractivity contribution in [3.8, 4) is 45.7 Å². The molecule has 10 heteroatoms. The second-order valence-corrected chi connectivity index (χ2v) is 8.70. The molecule has 5 aromatic rings. The monoisotopic (exact) mass is 524 g/mol. The van der Waals surface area contributed by atoms with Crippen LogP contribution in [0, 0.1) is 6.92 Å². The zero-order chi connectivity index (χ0) is 27.2. The van der Waals surface area contributed by atoms with Gasteiger partial charge in [-0.25, -0.2) is 4.79 Å². The summed E-state index contributed by atoms with van der Waals surface area (Å²) in [5, 5.41) is 8.14. The van der Waals surface area contributed by atoms with Crippen LogP contribution < -0.4 is 0 Å². The fourth-order valence-corrected chi connectivity index (χ4v) is 3.65. The number of nitrogens with zero attached hydrogens (tertiary/aromatic N) is 4. The number of rotatable bonds is 9. The molecule has 0 saturated carbocycles. The first-order valence-corrected chi connectivity index (χ1v) is 12.2. The fourth-order valence-electron chi connectivity index (χ4n) is 3.65. The molecule has 0 atom stereocenters. The highest BCUT2D eigenvalue weighted by atomic mass is 16.5. The van der Waals surface area contributed by atoms with Crippen LogP contribution >= 0.6 is 0 Å². The van der Waals surface area contributed by atoms with Crippen LogP contribution in [-0.2, 0) is 14.3 Å². The molecular weight excluding hydrogens is 500 g/mol. The van der Waals surface area contributed by atoms with E-state index in [0.29, 0.717) is 41.0 Å². The molecule has 0 unspecified atom stereocenters. The second kappa shape index (κ2) is 11.5. The van der Waals surface area contributed by atoms with Crippen LogP contribution in [0.1, 0.15) is 29.3 Å². The number of esters is 2. The summed E-state index contributed by atoms with van der Waals surface area (Å²) in [4.78, 5) is 31.9. The van der Waals surface area contributed by atoms with Gasteiger partial charge in [-0.15, -0.1) is 0 Å². The van der Waals surface area contributed by atoms with Crippen molar-refractivity contribution >= 4 is 11.9 Å². The molecule has 0 bridgehead atoms. The minimum absolute atomic E-state index is 0.154. The molecule has 0 saturated heterocycles. The highest BCUT2D eigenvalue weighted by Gasteiger charge is 2.15. The molecule has 0 aliphatic rings. The molecule has 196 valence electrons. The third kappa shape index (κ3) is 6.24. The number of hydrogen-bond acceptors (Lipinski definition) is 10. The minimum Gasteiger partial charge on any atom is -0.466 e. The van der Waals surface area contributed by atoms with E-state index >= 15 is 0 Å². The maximum atomic E-state index is 12.2. The van der Waals surface area contributed by atoms with Crippen molar-refractivity contribution < 1.29 is 28.1 Å². The third-order valence-corrected chi connectivity index (χ3v) is 5.75. The van der Waals surface area contributed by atoms with Crippen molar-refractivity contribution in [3.05, 3.63) is 83.9 Å². The van der Waals surface area contributed by atoms with Crippen molar-refractivity contribution in [2.75, 3.05) is 13.2 Å². The van der Waals surface area contributed by atoms with E-state index in [2.05, 4.69) is 20.3 Å². The van der Waals surface area contributed by atoms with Crippen LogP contribution in [0.15, 0.2) is 81.8 Å². The highest BCUT2D eigenvalue weighted by Crippen LogP contribution is 2.27. The topological polar surface area (TPSA) is 130 Å². The van der Waals surface area contributed by atoms with Crippen LogP contribution in [0.2, 0.25) is 0 Å². The minimum atomic E-state index is -0.467. The Bertz CT molecular complexity index is 1570. The Morgan fingerprint density at radius 2 is 1.13 bits per heavy atom. The lowest BCUT2D eigenvalue weighted by atomic mass is 10.1. The lowest BCUT2D eigenvalue weighted by Gasteiger charge is -2.05. The predicted molar refractivity (Wildman–Crippen MR) is 140 cm³/mol. The van der Waals surface area contributed by atoms with Gasteiger partial charge in [0, 0.05) is 35.6 Å². The van der Waals surface area contributed by atoms with E-state index in [9.17, 15) is 9.59 Å². The van der Waals surface area contributed by atoms with Crippen LogP contribution in [0.25, 0.3) is 45.7 Å². The van der Waals surface area contributed by atoms with Gasteiger partial charge in [0.05, 0.1) is 18.8 Å². The van der Waals surface area contributed by atoms with Gasteiger partial charge in [0.2, 0.25) is 11.6 Å². The third-order valence-electron chi connectivity index (χ3n) is 5.75. The summed E-state index contributed by atoms with van der Waals surface area (Å²) in [5.41, 5.74) is 4.60. The van der Waals surface area contributed by atoms with Gasteiger partial charge in [-0.1, -0.05) is 52.3 Å². The summed E-state index contributed by atoms with van der Waals surface area (Å²) in [6.07, 6.45) is 0.430. The molecule has 0 spiro atoms. The van der Waals surface area contributed by atoms with Crippen molar-refractivity contribution in [1.29, 1.82) is 0 Å². The van der Waals surface area contributed by atoms with Gasteiger partial charge >= 0.3 is 11.9 Å². The van der Waals surface area contributed by atoms with E-state index in [4.69, 9.17) is 18.5 Å². The quantitative estimate of drug-likeness (QED) is 0.179. The number of benzene rings is 3. The molecule has 3 aromatic carbocycles. The SMILES string of the molecule is CC(=O)OCCCOC(=O)c1ccc(-c2noc(-c3ccc(-c4nc(-c5ccc(C)cc5)no4)cc3)n2)cc1. The fraction of sp³-hybridized carbons (Fsp3) is 0.172. The highest BCUT2D eigenvalue weighted by molar-refractivity contribution is 5.90.